The average molecular weight is 643 g/mol. The Hall–Kier alpha value is -3.77. The third kappa shape index (κ3) is 5.10. The number of aliphatic hydroxyl groups is 1. The van der Waals surface area contributed by atoms with E-state index in [9.17, 15) is 27.8 Å². The fourth-order valence-electron chi connectivity index (χ4n) is 7.77. The van der Waals surface area contributed by atoms with Crippen LogP contribution in [0.15, 0.2) is 36.4 Å². The molecule has 46 heavy (non-hydrogen) atoms. The molecule has 244 valence electrons. The van der Waals surface area contributed by atoms with Crippen molar-refractivity contribution in [1.82, 2.24) is 14.9 Å². The zero-order valence-electron chi connectivity index (χ0n) is 25.4. The number of phenolic OH excluding ortho intramolecular Hbond substituents is 1. The molecule has 3 aliphatic rings. The Bertz CT molecular complexity index is 1830. The van der Waals surface area contributed by atoms with Crippen molar-refractivity contribution >= 4 is 27.5 Å². The molecule has 0 amide bonds. The normalized spacial score (nSPS) is 25.2. The van der Waals surface area contributed by atoms with Gasteiger partial charge in [0, 0.05) is 30.5 Å². The fraction of sp³-hybridized carbons (Fsp3) is 0.471. The number of benzene rings is 3. The zero-order valence-corrected chi connectivity index (χ0v) is 25.4. The van der Waals surface area contributed by atoms with E-state index in [-0.39, 0.29) is 65.6 Å². The van der Waals surface area contributed by atoms with Gasteiger partial charge in [0.05, 0.1) is 12.1 Å². The molecule has 3 aliphatic heterocycles. The van der Waals surface area contributed by atoms with Gasteiger partial charge in [0.2, 0.25) is 0 Å². The molecule has 0 aliphatic carbocycles. The minimum Gasteiger partial charge on any atom is -0.508 e. The summed E-state index contributed by atoms with van der Waals surface area (Å²) < 4.78 is 80.1. The Labute approximate surface area is 262 Å². The number of piperidine rings is 1. The summed E-state index contributed by atoms with van der Waals surface area (Å²) in [6, 6.07) is 8.53. The highest BCUT2D eigenvalue weighted by molar-refractivity contribution is 6.03. The Morgan fingerprint density at radius 1 is 1.04 bits per heavy atom. The summed E-state index contributed by atoms with van der Waals surface area (Å²) in [7, 11) is 0. The molecule has 1 unspecified atom stereocenters. The lowest BCUT2D eigenvalue weighted by Crippen LogP contribution is -2.53. The first-order chi connectivity index (χ1) is 22.0. The number of ether oxygens (including phenoxy) is 1. The lowest BCUT2D eigenvalue weighted by molar-refractivity contribution is -0.102. The number of anilines is 1. The fourth-order valence-corrected chi connectivity index (χ4v) is 7.77. The summed E-state index contributed by atoms with van der Waals surface area (Å²) in [6.45, 7) is 2.75. The molecule has 0 saturated carbocycles. The van der Waals surface area contributed by atoms with Crippen LogP contribution in [0.5, 0.6) is 11.8 Å². The van der Waals surface area contributed by atoms with Gasteiger partial charge in [-0.25, -0.2) is 22.0 Å². The summed E-state index contributed by atoms with van der Waals surface area (Å²) in [5.41, 5.74) is -2.31. The number of hydrogen-bond donors (Lipinski definition) is 2. The second-order valence-electron chi connectivity index (χ2n) is 12.9. The van der Waals surface area contributed by atoms with Crippen LogP contribution in [-0.4, -0.2) is 81.6 Å². The minimum absolute atomic E-state index is 0.0451. The molecular formula is C34H35F5N4O3. The molecule has 1 aromatic heterocycles. The predicted octanol–water partition coefficient (Wildman–Crippen LogP) is 6.55. The van der Waals surface area contributed by atoms with Crippen molar-refractivity contribution < 1.29 is 36.9 Å². The average Bonchev–Trinajstić information content (AvgIpc) is 3.55. The van der Waals surface area contributed by atoms with Crippen LogP contribution in [-0.2, 0) is 6.42 Å². The maximum Gasteiger partial charge on any atom is 0.319 e. The van der Waals surface area contributed by atoms with E-state index in [1.54, 1.807) is 13.0 Å². The quantitative estimate of drug-likeness (QED) is 0.222. The van der Waals surface area contributed by atoms with Crippen LogP contribution in [0.3, 0.4) is 0 Å². The SMILES string of the molecule is CCc1c(F)ccc2cc(O)cc(-c3ccc4c(N5CCCC(O)(C(F)F)C5)nc(OC[C@@]56CCCN5C[C@H](F)C6)nc4c3F)c12. The Morgan fingerprint density at radius 2 is 1.85 bits per heavy atom. The highest BCUT2D eigenvalue weighted by Gasteiger charge is 2.49. The molecule has 7 nitrogen and oxygen atoms in total. The van der Waals surface area contributed by atoms with Gasteiger partial charge in [-0.2, -0.15) is 9.97 Å². The second-order valence-corrected chi connectivity index (χ2v) is 12.9. The monoisotopic (exact) mass is 642 g/mol. The first-order valence-corrected chi connectivity index (χ1v) is 15.7. The standard InChI is InChI=1S/C34H35F5N4O3/c1-2-22-26(36)8-5-19-13-21(44)14-25(27(19)22)23-6-7-24-29(28(23)37)40-32(46-18-33-9-3-12-43(33)16-20(35)15-33)41-30(24)42-11-4-10-34(45,17-42)31(38)39/h5-8,13-14,20,31,44-45H,2-4,9-12,15-18H2,1H3/t20-,33+,34?/m1/s1. The van der Waals surface area contributed by atoms with Crippen LogP contribution in [0.2, 0.25) is 0 Å². The molecule has 3 atom stereocenters. The van der Waals surface area contributed by atoms with Crippen LogP contribution >= 0.6 is 0 Å². The number of aryl methyl sites for hydroxylation is 1. The Kier molecular flexibility index (Phi) is 7.70. The molecule has 4 aromatic rings. The lowest BCUT2D eigenvalue weighted by Gasteiger charge is -2.39. The molecule has 12 heteroatoms. The maximum atomic E-state index is 16.8. The third-order valence-corrected chi connectivity index (χ3v) is 10.0. The van der Waals surface area contributed by atoms with Crippen LogP contribution in [0, 0.1) is 11.6 Å². The number of halogens is 5. The van der Waals surface area contributed by atoms with E-state index in [0.717, 1.165) is 19.4 Å². The van der Waals surface area contributed by atoms with E-state index in [2.05, 4.69) is 14.9 Å². The van der Waals surface area contributed by atoms with Crippen molar-refractivity contribution in [2.45, 2.75) is 69.2 Å². The lowest BCUT2D eigenvalue weighted by atomic mass is 9.91. The van der Waals surface area contributed by atoms with Gasteiger partial charge in [-0.1, -0.05) is 19.1 Å². The van der Waals surface area contributed by atoms with Gasteiger partial charge in [-0.15, -0.1) is 0 Å². The number of β-amino-alcohol motifs (C(OH)–C–C–N with tert-alkyl or cyclic N) is 1. The second kappa shape index (κ2) is 11.5. The molecular weight excluding hydrogens is 607 g/mol. The van der Waals surface area contributed by atoms with E-state index in [1.165, 1.54) is 35.2 Å². The zero-order chi connectivity index (χ0) is 32.4. The van der Waals surface area contributed by atoms with Crippen molar-refractivity contribution in [3.8, 4) is 22.9 Å². The number of fused-ring (bicyclic) bond motifs is 3. The van der Waals surface area contributed by atoms with Crippen LogP contribution in [0.4, 0.5) is 27.8 Å². The summed E-state index contributed by atoms with van der Waals surface area (Å²) in [4.78, 5) is 12.6. The van der Waals surface area contributed by atoms with E-state index in [1.807, 2.05) is 0 Å². The van der Waals surface area contributed by atoms with Gasteiger partial charge in [-0.05, 0) is 84.8 Å². The maximum absolute atomic E-state index is 16.8. The number of phenols is 1. The smallest absolute Gasteiger partial charge is 0.319 e. The van der Waals surface area contributed by atoms with Gasteiger partial charge in [0.25, 0.3) is 6.43 Å². The third-order valence-electron chi connectivity index (χ3n) is 10.0. The number of hydrogen-bond acceptors (Lipinski definition) is 7. The van der Waals surface area contributed by atoms with Crippen molar-refractivity contribution in [3.05, 3.63) is 53.6 Å². The topological polar surface area (TPSA) is 82.0 Å². The van der Waals surface area contributed by atoms with E-state index >= 15 is 4.39 Å². The van der Waals surface area contributed by atoms with Crippen molar-refractivity contribution in [3.63, 3.8) is 0 Å². The van der Waals surface area contributed by atoms with Gasteiger partial charge in [0.1, 0.15) is 41.3 Å². The first-order valence-electron chi connectivity index (χ1n) is 15.7. The van der Waals surface area contributed by atoms with Gasteiger partial charge in [0.15, 0.2) is 5.82 Å². The van der Waals surface area contributed by atoms with E-state index < -0.39 is 41.9 Å². The van der Waals surface area contributed by atoms with Crippen LogP contribution in [0.25, 0.3) is 32.8 Å². The largest absolute Gasteiger partial charge is 0.508 e. The number of nitrogens with zero attached hydrogens (tertiary/aromatic N) is 4. The predicted molar refractivity (Wildman–Crippen MR) is 164 cm³/mol. The Morgan fingerprint density at radius 3 is 2.63 bits per heavy atom. The number of alkyl halides is 3. The summed E-state index contributed by atoms with van der Waals surface area (Å²) in [5, 5.41) is 22.4. The highest BCUT2D eigenvalue weighted by Crippen LogP contribution is 2.43. The van der Waals surface area contributed by atoms with Gasteiger partial charge < -0.3 is 19.8 Å². The number of aromatic hydroxyl groups is 1. The molecule has 0 radical (unpaired) electrons. The van der Waals surface area contributed by atoms with Crippen molar-refractivity contribution in [1.29, 1.82) is 0 Å². The summed E-state index contributed by atoms with van der Waals surface area (Å²) in [5.74, 6) is -1.26. The molecule has 3 aromatic carbocycles. The van der Waals surface area contributed by atoms with Crippen LogP contribution < -0.4 is 9.64 Å². The summed E-state index contributed by atoms with van der Waals surface area (Å²) >= 11 is 0. The summed E-state index contributed by atoms with van der Waals surface area (Å²) in [6.07, 6.45) is -1.63. The number of aromatic nitrogens is 2. The highest BCUT2D eigenvalue weighted by atomic mass is 19.3. The number of rotatable bonds is 7. The van der Waals surface area contributed by atoms with Crippen molar-refractivity contribution in [2.24, 2.45) is 0 Å². The molecule has 3 fully saturated rings. The Balaban J connectivity index is 1.38. The molecule has 0 spiro atoms. The molecule has 7 rings (SSSR count). The first kappa shape index (κ1) is 30.9. The van der Waals surface area contributed by atoms with E-state index in [4.69, 9.17) is 4.74 Å². The van der Waals surface area contributed by atoms with Gasteiger partial charge >= 0.3 is 6.01 Å². The van der Waals surface area contributed by atoms with Gasteiger partial charge in [-0.3, -0.25) is 4.90 Å². The van der Waals surface area contributed by atoms with E-state index in [0.29, 0.717) is 35.7 Å². The molecule has 2 N–H and O–H groups in total. The molecule has 4 heterocycles. The van der Waals surface area contributed by atoms with Crippen molar-refractivity contribution in [2.75, 3.05) is 37.7 Å². The molecule has 0 bridgehead atoms. The minimum atomic E-state index is -3.00. The molecule has 3 saturated heterocycles. The van der Waals surface area contributed by atoms with Crippen LogP contribution in [0.1, 0.15) is 44.6 Å².